The Hall–Kier alpha value is -3.05. The van der Waals surface area contributed by atoms with Crippen molar-refractivity contribution >= 4 is 23.4 Å². The van der Waals surface area contributed by atoms with E-state index in [1.54, 1.807) is 23.9 Å². The summed E-state index contributed by atoms with van der Waals surface area (Å²) in [6, 6.07) is 26.5. The molecule has 5 rings (SSSR count). The quantitative estimate of drug-likeness (QED) is 0.515. The van der Waals surface area contributed by atoms with Crippen LogP contribution < -0.4 is 4.74 Å². The van der Waals surface area contributed by atoms with Crippen LogP contribution in [-0.4, -0.2) is 29.5 Å². The molecular formula is C26H24N2O2S. The molecular weight excluding hydrogens is 404 g/mol. The monoisotopic (exact) mass is 428 g/mol. The zero-order valence-corrected chi connectivity index (χ0v) is 18.2. The molecule has 31 heavy (non-hydrogen) atoms. The van der Waals surface area contributed by atoms with Gasteiger partial charge in [-0.05, 0) is 48.2 Å². The van der Waals surface area contributed by atoms with Crippen LogP contribution in [-0.2, 0) is 11.2 Å². The second kappa shape index (κ2) is 8.60. The van der Waals surface area contributed by atoms with Crippen LogP contribution in [0.15, 0.2) is 88.9 Å². The number of hydrazone groups is 1. The first-order chi connectivity index (χ1) is 15.2. The van der Waals surface area contributed by atoms with Gasteiger partial charge in [0.05, 0.1) is 24.6 Å². The van der Waals surface area contributed by atoms with E-state index >= 15 is 0 Å². The maximum atomic E-state index is 13.4. The van der Waals surface area contributed by atoms with Gasteiger partial charge in [0.25, 0.3) is 5.91 Å². The van der Waals surface area contributed by atoms with Crippen molar-refractivity contribution in [2.45, 2.75) is 23.8 Å². The highest BCUT2D eigenvalue weighted by Crippen LogP contribution is 2.44. The molecule has 0 N–H and O–H groups in total. The summed E-state index contributed by atoms with van der Waals surface area (Å²) < 4.78 is 5.33. The minimum atomic E-state index is -0.0851. The number of methoxy groups -OCH3 is 1. The fourth-order valence-electron chi connectivity index (χ4n) is 4.53. The first-order valence-corrected chi connectivity index (χ1v) is 11.5. The highest BCUT2D eigenvalue weighted by molar-refractivity contribution is 8.00. The van der Waals surface area contributed by atoms with Gasteiger partial charge in [0.15, 0.2) is 0 Å². The van der Waals surface area contributed by atoms with E-state index in [1.165, 1.54) is 11.1 Å². The molecule has 0 bridgehead atoms. The van der Waals surface area contributed by atoms with Gasteiger partial charge >= 0.3 is 0 Å². The van der Waals surface area contributed by atoms with Crippen LogP contribution in [0.4, 0.5) is 0 Å². The molecule has 1 heterocycles. The second-order valence-electron chi connectivity index (χ2n) is 7.85. The van der Waals surface area contributed by atoms with Gasteiger partial charge in [0, 0.05) is 16.4 Å². The SMILES string of the molecule is COc1ccc([C@H]2[C@@H]3CCc4ccccc4C3=NN2C(=O)CSc2ccccc2)cc1. The Kier molecular flexibility index (Phi) is 5.51. The zero-order valence-electron chi connectivity index (χ0n) is 17.4. The van der Waals surface area contributed by atoms with Crippen molar-refractivity contribution in [2.75, 3.05) is 12.9 Å². The van der Waals surface area contributed by atoms with Crippen molar-refractivity contribution in [2.24, 2.45) is 11.0 Å². The lowest BCUT2D eigenvalue weighted by Crippen LogP contribution is -2.33. The van der Waals surface area contributed by atoms with Crippen LogP contribution in [0.1, 0.15) is 29.2 Å². The molecule has 1 aliphatic carbocycles. The average Bonchev–Trinajstić information content (AvgIpc) is 3.23. The van der Waals surface area contributed by atoms with Crippen molar-refractivity contribution in [1.82, 2.24) is 5.01 Å². The predicted molar refractivity (Wildman–Crippen MR) is 125 cm³/mol. The first kappa shape index (κ1) is 19.9. The van der Waals surface area contributed by atoms with E-state index < -0.39 is 0 Å². The molecule has 1 aliphatic heterocycles. The van der Waals surface area contributed by atoms with Gasteiger partial charge in [-0.1, -0.05) is 54.6 Å². The van der Waals surface area contributed by atoms with Gasteiger partial charge in [-0.3, -0.25) is 4.79 Å². The molecule has 3 aromatic carbocycles. The summed E-state index contributed by atoms with van der Waals surface area (Å²) in [6.45, 7) is 0. The van der Waals surface area contributed by atoms with Crippen LogP contribution in [0, 0.1) is 5.92 Å². The van der Waals surface area contributed by atoms with Crippen LogP contribution >= 0.6 is 11.8 Å². The third kappa shape index (κ3) is 3.86. The molecule has 3 aromatic rings. The Labute approximate surface area is 186 Å². The van der Waals surface area contributed by atoms with Crippen LogP contribution in [0.2, 0.25) is 0 Å². The van der Waals surface area contributed by atoms with E-state index in [2.05, 4.69) is 36.4 Å². The molecule has 0 unspecified atom stereocenters. The number of rotatable bonds is 5. The summed E-state index contributed by atoms with van der Waals surface area (Å²) in [5.74, 6) is 1.42. The summed E-state index contributed by atoms with van der Waals surface area (Å²) in [6.07, 6.45) is 2.00. The van der Waals surface area contributed by atoms with Gasteiger partial charge < -0.3 is 4.74 Å². The number of aryl methyl sites for hydroxylation is 1. The lowest BCUT2D eigenvalue weighted by molar-refractivity contribution is -0.130. The third-order valence-corrected chi connectivity index (χ3v) is 7.04. The number of carbonyl (C=O) groups is 1. The van der Waals surface area contributed by atoms with Gasteiger partial charge in [0.1, 0.15) is 5.75 Å². The van der Waals surface area contributed by atoms with Gasteiger partial charge in [-0.2, -0.15) is 5.10 Å². The molecule has 0 aromatic heterocycles. The minimum Gasteiger partial charge on any atom is -0.497 e. The van der Waals surface area contributed by atoms with E-state index in [1.807, 2.05) is 42.5 Å². The molecule has 156 valence electrons. The smallest absolute Gasteiger partial charge is 0.253 e. The molecule has 4 nitrogen and oxygen atoms in total. The number of ether oxygens (including phenoxy) is 1. The second-order valence-corrected chi connectivity index (χ2v) is 8.89. The molecule has 0 radical (unpaired) electrons. The normalized spacial score (nSPS) is 19.4. The molecule has 0 saturated heterocycles. The maximum absolute atomic E-state index is 13.4. The molecule has 1 amide bonds. The van der Waals surface area contributed by atoms with E-state index in [0.29, 0.717) is 5.75 Å². The molecule has 2 atom stereocenters. The van der Waals surface area contributed by atoms with Gasteiger partial charge in [-0.15, -0.1) is 11.8 Å². The average molecular weight is 429 g/mol. The van der Waals surface area contributed by atoms with Crippen molar-refractivity contribution in [3.05, 3.63) is 95.6 Å². The van der Waals surface area contributed by atoms with Crippen LogP contribution in [0.25, 0.3) is 0 Å². The first-order valence-electron chi connectivity index (χ1n) is 10.6. The van der Waals surface area contributed by atoms with Crippen LogP contribution in [0.3, 0.4) is 0 Å². The summed E-state index contributed by atoms with van der Waals surface area (Å²) in [7, 11) is 1.67. The van der Waals surface area contributed by atoms with Crippen molar-refractivity contribution in [3.63, 3.8) is 0 Å². The number of fused-ring (bicyclic) bond motifs is 3. The largest absolute Gasteiger partial charge is 0.497 e. The van der Waals surface area contributed by atoms with Crippen LogP contribution in [0.5, 0.6) is 5.75 Å². The molecule has 0 spiro atoms. The Morgan fingerprint density at radius 2 is 1.77 bits per heavy atom. The Bertz CT molecular complexity index is 1110. The molecule has 0 saturated carbocycles. The molecule has 5 heteroatoms. The maximum Gasteiger partial charge on any atom is 0.253 e. The fraction of sp³-hybridized carbons (Fsp3) is 0.231. The number of hydrogen-bond donors (Lipinski definition) is 0. The van der Waals surface area contributed by atoms with E-state index in [4.69, 9.17) is 9.84 Å². The highest BCUT2D eigenvalue weighted by atomic mass is 32.2. The third-order valence-electron chi connectivity index (χ3n) is 6.05. The summed E-state index contributed by atoms with van der Waals surface area (Å²) in [5, 5.41) is 6.66. The number of thioether (sulfide) groups is 1. The number of benzene rings is 3. The summed E-state index contributed by atoms with van der Waals surface area (Å²) >= 11 is 1.56. The number of amides is 1. The van der Waals surface area contributed by atoms with E-state index in [-0.39, 0.29) is 17.9 Å². The van der Waals surface area contributed by atoms with Gasteiger partial charge in [-0.25, -0.2) is 5.01 Å². The number of hydrogen-bond acceptors (Lipinski definition) is 4. The fourth-order valence-corrected chi connectivity index (χ4v) is 5.31. The van der Waals surface area contributed by atoms with Crippen molar-refractivity contribution in [3.8, 4) is 5.75 Å². The van der Waals surface area contributed by atoms with Crippen molar-refractivity contribution in [1.29, 1.82) is 0 Å². The highest BCUT2D eigenvalue weighted by Gasteiger charge is 2.43. The number of carbonyl (C=O) groups excluding carboxylic acids is 1. The number of nitrogens with zero attached hydrogens (tertiary/aromatic N) is 2. The summed E-state index contributed by atoms with van der Waals surface area (Å²) in [5.41, 5.74) is 4.64. The molecule has 2 aliphatic rings. The standard InChI is InChI=1S/C26H24N2O2S/c1-30-20-14-11-19(12-15-20)26-23-16-13-18-7-5-6-10-22(18)25(23)27-28(26)24(29)17-31-21-8-3-2-4-9-21/h2-12,14-15,23,26H,13,16-17H2,1H3/t23-,26+/m1/s1. The van der Waals surface area contributed by atoms with E-state index in [9.17, 15) is 4.79 Å². The topological polar surface area (TPSA) is 41.9 Å². The minimum absolute atomic E-state index is 0.0362. The predicted octanol–water partition coefficient (Wildman–Crippen LogP) is 5.34. The molecule has 0 fully saturated rings. The van der Waals surface area contributed by atoms with Crippen molar-refractivity contribution < 1.29 is 9.53 Å². The zero-order chi connectivity index (χ0) is 21.2. The Balaban J connectivity index is 1.47. The van der Waals surface area contributed by atoms with E-state index in [0.717, 1.165) is 34.8 Å². The Morgan fingerprint density at radius 1 is 1.03 bits per heavy atom. The summed E-state index contributed by atoms with van der Waals surface area (Å²) in [4.78, 5) is 14.4. The van der Waals surface area contributed by atoms with Gasteiger partial charge in [0.2, 0.25) is 0 Å². The lowest BCUT2D eigenvalue weighted by Gasteiger charge is -2.29. The Morgan fingerprint density at radius 3 is 2.55 bits per heavy atom. The lowest BCUT2D eigenvalue weighted by atomic mass is 9.77.